The number of halogens is 2. The number of anilines is 2. The number of carbonyl (C=O) groups is 1. The maximum absolute atomic E-state index is 12.1. The van der Waals surface area contributed by atoms with E-state index in [0.29, 0.717) is 15.7 Å². The van der Waals surface area contributed by atoms with Crippen LogP contribution in [0, 0.1) is 20.8 Å². The van der Waals surface area contributed by atoms with Gasteiger partial charge in [-0.2, -0.15) is 0 Å². The van der Waals surface area contributed by atoms with Crippen molar-refractivity contribution < 1.29 is 4.79 Å². The van der Waals surface area contributed by atoms with Gasteiger partial charge in [-0.25, -0.2) is 0 Å². The highest BCUT2D eigenvalue weighted by Crippen LogP contribution is 2.29. The zero-order valence-electron chi connectivity index (χ0n) is 12.8. The normalized spacial score (nSPS) is 10.4. The largest absolute Gasteiger partial charge is 0.375 e. The molecular weight excluding hydrogens is 319 g/mol. The van der Waals surface area contributed by atoms with Crippen LogP contribution in [0.3, 0.4) is 0 Å². The minimum atomic E-state index is -0.133. The van der Waals surface area contributed by atoms with Gasteiger partial charge in [0.25, 0.3) is 0 Å². The monoisotopic (exact) mass is 336 g/mol. The topological polar surface area (TPSA) is 41.1 Å². The number of hydrogen-bond acceptors (Lipinski definition) is 2. The quantitative estimate of drug-likeness (QED) is 0.827. The maximum atomic E-state index is 12.1. The van der Waals surface area contributed by atoms with Crippen LogP contribution in [0.2, 0.25) is 10.0 Å². The van der Waals surface area contributed by atoms with Gasteiger partial charge in [0.05, 0.1) is 22.3 Å². The molecule has 2 N–H and O–H groups in total. The molecule has 2 aromatic carbocycles. The Morgan fingerprint density at radius 3 is 2.36 bits per heavy atom. The minimum Gasteiger partial charge on any atom is -0.375 e. The third-order valence-electron chi connectivity index (χ3n) is 3.33. The molecule has 0 unspecified atom stereocenters. The van der Waals surface area contributed by atoms with Crippen LogP contribution < -0.4 is 10.6 Å². The van der Waals surface area contributed by atoms with E-state index in [2.05, 4.69) is 10.6 Å². The number of carbonyl (C=O) groups excluding carboxylic acids is 1. The zero-order valence-corrected chi connectivity index (χ0v) is 14.3. The van der Waals surface area contributed by atoms with Gasteiger partial charge in [-0.3, -0.25) is 4.79 Å². The van der Waals surface area contributed by atoms with E-state index >= 15 is 0 Å². The Bertz CT molecular complexity index is 691. The Hall–Kier alpha value is -1.71. The Balaban J connectivity index is 2.04. The Labute approximate surface area is 140 Å². The van der Waals surface area contributed by atoms with Crippen LogP contribution in [0.1, 0.15) is 16.7 Å². The number of nitrogens with one attached hydrogen (secondary N) is 2. The first-order valence-corrected chi connectivity index (χ1v) is 7.69. The van der Waals surface area contributed by atoms with Gasteiger partial charge >= 0.3 is 0 Å². The van der Waals surface area contributed by atoms with Crippen molar-refractivity contribution in [2.45, 2.75) is 20.8 Å². The lowest BCUT2D eigenvalue weighted by Gasteiger charge is -2.14. The summed E-state index contributed by atoms with van der Waals surface area (Å²) in [5.74, 6) is -0.133. The van der Waals surface area contributed by atoms with Crippen LogP contribution in [0.25, 0.3) is 0 Å². The van der Waals surface area contributed by atoms with E-state index < -0.39 is 0 Å². The summed E-state index contributed by atoms with van der Waals surface area (Å²) < 4.78 is 0. The SMILES string of the molecule is Cc1cc(C)c(NC(=O)CNc2cccc(Cl)c2Cl)c(C)c1. The van der Waals surface area contributed by atoms with Crippen molar-refractivity contribution in [3.05, 3.63) is 57.1 Å². The summed E-state index contributed by atoms with van der Waals surface area (Å²) in [6.07, 6.45) is 0. The molecule has 0 aliphatic heterocycles. The third-order valence-corrected chi connectivity index (χ3v) is 4.15. The van der Waals surface area contributed by atoms with Crippen molar-refractivity contribution >= 4 is 40.5 Å². The molecule has 2 rings (SSSR count). The second-order valence-corrected chi connectivity index (χ2v) is 6.06. The first-order chi connectivity index (χ1) is 10.4. The molecule has 0 aromatic heterocycles. The fourth-order valence-corrected chi connectivity index (χ4v) is 2.74. The van der Waals surface area contributed by atoms with E-state index in [1.807, 2.05) is 32.9 Å². The average molecular weight is 337 g/mol. The first-order valence-electron chi connectivity index (χ1n) is 6.94. The number of amides is 1. The minimum absolute atomic E-state index is 0.118. The number of benzene rings is 2. The van der Waals surface area contributed by atoms with Crippen molar-refractivity contribution in [1.82, 2.24) is 0 Å². The number of aryl methyl sites for hydroxylation is 3. The molecule has 0 saturated heterocycles. The summed E-state index contributed by atoms with van der Waals surface area (Å²) in [7, 11) is 0. The van der Waals surface area contributed by atoms with Gasteiger partial charge in [0.1, 0.15) is 0 Å². The van der Waals surface area contributed by atoms with Gasteiger partial charge in [0.2, 0.25) is 5.91 Å². The molecule has 0 atom stereocenters. The van der Waals surface area contributed by atoms with E-state index in [9.17, 15) is 4.79 Å². The Morgan fingerprint density at radius 2 is 1.73 bits per heavy atom. The summed E-state index contributed by atoms with van der Waals surface area (Å²) in [6.45, 7) is 6.12. The molecule has 0 aliphatic rings. The second kappa shape index (κ2) is 7.03. The van der Waals surface area contributed by atoms with E-state index in [1.54, 1.807) is 18.2 Å². The molecule has 0 bridgehead atoms. The van der Waals surface area contributed by atoms with Crippen molar-refractivity contribution in [3.8, 4) is 0 Å². The van der Waals surface area contributed by atoms with Crippen molar-refractivity contribution in [2.75, 3.05) is 17.2 Å². The molecule has 22 heavy (non-hydrogen) atoms. The van der Waals surface area contributed by atoms with E-state index in [-0.39, 0.29) is 12.5 Å². The van der Waals surface area contributed by atoms with Crippen molar-refractivity contribution in [3.63, 3.8) is 0 Å². The molecule has 5 heteroatoms. The summed E-state index contributed by atoms with van der Waals surface area (Å²) in [6, 6.07) is 9.36. The third kappa shape index (κ3) is 3.93. The van der Waals surface area contributed by atoms with Crippen LogP contribution >= 0.6 is 23.2 Å². The van der Waals surface area contributed by atoms with Gasteiger partial charge < -0.3 is 10.6 Å². The van der Waals surface area contributed by atoms with Gasteiger partial charge in [-0.15, -0.1) is 0 Å². The molecule has 0 spiro atoms. The predicted molar refractivity (Wildman–Crippen MR) is 94.2 cm³/mol. The van der Waals surface area contributed by atoms with E-state index in [0.717, 1.165) is 16.8 Å². The molecule has 0 fully saturated rings. The standard InChI is InChI=1S/C17H18Cl2N2O/c1-10-7-11(2)17(12(3)8-10)21-15(22)9-20-14-6-4-5-13(18)16(14)19/h4-8,20H,9H2,1-3H3,(H,21,22). The van der Waals surface area contributed by atoms with Crippen LogP contribution in [-0.2, 0) is 4.79 Å². The summed E-state index contributed by atoms with van der Waals surface area (Å²) in [5.41, 5.74) is 4.77. The highest BCUT2D eigenvalue weighted by Gasteiger charge is 2.10. The van der Waals surface area contributed by atoms with E-state index in [4.69, 9.17) is 23.2 Å². The second-order valence-electron chi connectivity index (χ2n) is 5.28. The predicted octanol–water partition coefficient (Wildman–Crippen LogP) is 4.97. The van der Waals surface area contributed by atoms with Crippen molar-refractivity contribution in [1.29, 1.82) is 0 Å². The molecule has 0 radical (unpaired) electrons. The lowest BCUT2D eigenvalue weighted by molar-refractivity contribution is -0.114. The summed E-state index contributed by atoms with van der Waals surface area (Å²) in [5, 5.41) is 6.80. The highest BCUT2D eigenvalue weighted by molar-refractivity contribution is 6.43. The van der Waals surface area contributed by atoms with E-state index in [1.165, 1.54) is 5.56 Å². The van der Waals surface area contributed by atoms with Gasteiger partial charge in [0, 0.05) is 5.69 Å². The average Bonchev–Trinajstić information content (AvgIpc) is 2.44. The first kappa shape index (κ1) is 16.7. The Morgan fingerprint density at radius 1 is 1.09 bits per heavy atom. The zero-order chi connectivity index (χ0) is 16.3. The smallest absolute Gasteiger partial charge is 0.243 e. The summed E-state index contributed by atoms with van der Waals surface area (Å²) >= 11 is 12.0. The fraction of sp³-hybridized carbons (Fsp3) is 0.235. The van der Waals surface area contributed by atoms with Crippen LogP contribution in [0.4, 0.5) is 11.4 Å². The lowest BCUT2D eigenvalue weighted by atomic mass is 10.1. The molecular formula is C17H18Cl2N2O. The molecule has 2 aromatic rings. The van der Waals surface area contributed by atoms with Gasteiger partial charge in [-0.05, 0) is 44.0 Å². The molecule has 0 heterocycles. The Kier molecular flexibility index (Phi) is 5.33. The summed E-state index contributed by atoms with van der Waals surface area (Å²) in [4.78, 5) is 12.1. The molecule has 3 nitrogen and oxygen atoms in total. The van der Waals surface area contributed by atoms with Crippen LogP contribution in [-0.4, -0.2) is 12.5 Å². The maximum Gasteiger partial charge on any atom is 0.243 e. The van der Waals surface area contributed by atoms with Crippen LogP contribution in [0.15, 0.2) is 30.3 Å². The molecule has 0 saturated carbocycles. The highest BCUT2D eigenvalue weighted by atomic mass is 35.5. The molecule has 1 amide bonds. The number of rotatable bonds is 4. The van der Waals surface area contributed by atoms with Crippen molar-refractivity contribution in [2.24, 2.45) is 0 Å². The molecule has 116 valence electrons. The fourth-order valence-electron chi connectivity index (χ4n) is 2.38. The van der Waals surface area contributed by atoms with Crippen LogP contribution in [0.5, 0.6) is 0 Å². The molecule has 0 aliphatic carbocycles. The lowest BCUT2D eigenvalue weighted by Crippen LogP contribution is -2.22. The van der Waals surface area contributed by atoms with Gasteiger partial charge in [-0.1, -0.05) is 47.0 Å². The van der Waals surface area contributed by atoms with Gasteiger partial charge in [0.15, 0.2) is 0 Å². The number of hydrogen-bond donors (Lipinski definition) is 2.